The van der Waals surface area contributed by atoms with Crippen LogP contribution in [0.3, 0.4) is 0 Å². The van der Waals surface area contributed by atoms with Crippen molar-refractivity contribution in [2.75, 3.05) is 26.7 Å². The molecule has 4 nitrogen and oxygen atoms in total. The molecule has 0 saturated heterocycles. The zero-order chi connectivity index (χ0) is 15.2. The van der Waals surface area contributed by atoms with Crippen LogP contribution in [0.4, 0.5) is 0 Å². The van der Waals surface area contributed by atoms with Gasteiger partial charge in [0.2, 0.25) is 5.91 Å². The van der Waals surface area contributed by atoms with Crippen molar-refractivity contribution in [3.63, 3.8) is 0 Å². The highest BCUT2D eigenvalue weighted by Gasteiger charge is 2.16. The van der Waals surface area contributed by atoms with Crippen LogP contribution in [0.25, 0.3) is 0 Å². The van der Waals surface area contributed by atoms with E-state index in [1.807, 2.05) is 19.1 Å². The van der Waals surface area contributed by atoms with E-state index >= 15 is 0 Å². The lowest BCUT2D eigenvalue weighted by atomic mass is 10.0. The minimum absolute atomic E-state index is 0.0268. The Kier molecular flexibility index (Phi) is 5.51. The van der Waals surface area contributed by atoms with Gasteiger partial charge in [0.05, 0.1) is 13.1 Å². The Balaban J connectivity index is 1.87. The van der Waals surface area contributed by atoms with E-state index in [9.17, 15) is 9.59 Å². The number of fused-ring (bicyclic) bond motifs is 1. The molecule has 0 unspecified atom stereocenters. The van der Waals surface area contributed by atoms with Gasteiger partial charge < -0.3 is 5.32 Å². The molecule has 1 aliphatic rings. The second-order valence-corrected chi connectivity index (χ2v) is 5.78. The average Bonchev–Trinajstić information content (AvgIpc) is 2.92. The summed E-state index contributed by atoms with van der Waals surface area (Å²) in [5.74, 6) is 0.0524. The fraction of sp³-hybridized carbons (Fsp3) is 0.529. The van der Waals surface area contributed by atoms with E-state index in [2.05, 4.69) is 11.4 Å². The topological polar surface area (TPSA) is 49.4 Å². The second kappa shape index (κ2) is 7.36. The summed E-state index contributed by atoms with van der Waals surface area (Å²) >= 11 is 0. The first-order valence-corrected chi connectivity index (χ1v) is 7.70. The highest BCUT2D eigenvalue weighted by molar-refractivity contribution is 5.98. The van der Waals surface area contributed by atoms with E-state index in [0.717, 1.165) is 24.8 Å². The summed E-state index contributed by atoms with van der Waals surface area (Å²) < 4.78 is 0. The Bertz CT molecular complexity index is 526. The van der Waals surface area contributed by atoms with E-state index < -0.39 is 0 Å². The van der Waals surface area contributed by atoms with Gasteiger partial charge >= 0.3 is 0 Å². The number of nitrogens with zero attached hydrogens (tertiary/aromatic N) is 1. The lowest BCUT2D eigenvalue weighted by Crippen LogP contribution is -2.37. The third-order valence-electron chi connectivity index (χ3n) is 3.82. The number of ketones is 1. The maximum atomic E-state index is 12.3. The van der Waals surface area contributed by atoms with Crippen LogP contribution >= 0.6 is 0 Å². The van der Waals surface area contributed by atoms with Crippen molar-refractivity contribution < 1.29 is 9.59 Å². The van der Waals surface area contributed by atoms with Gasteiger partial charge in [-0.3, -0.25) is 14.5 Å². The highest BCUT2D eigenvalue weighted by Crippen LogP contribution is 2.23. The van der Waals surface area contributed by atoms with Crippen LogP contribution in [0.5, 0.6) is 0 Å². The number of rotatable bonds is 7. The van der Waals surface area contributed by atoms with Crippen molar-refractivity contribution in [3.8, 4) is 0 Å². The van der Waals surface area contributed by atoms with Crippen LogP contribution in [-0.4, -0.2) is 43.3 Å². The molecule has 0 fully saturated rings. The van der Waals surface area contributed by atoms with Crippen LogP contribution in [0, 0.1) is 0 Å². The predicted molar refractivity (Wildman–Crippen MR) is 83.6 cm³/mol. The number of nitrogens with one attached hydrogen (secondary N) is 1. The molecule has 0 atom stereocenters. The maximum absolute atomic E-state index is 12.3. The predicted octanol–water partition coefficient (Wildman–Crippen LogP) is 1.82. The first-order valence-electron chi connectivity index (χ1n) is 7.70. The summed E-state index contributed by atoms with van der Waals surface area (Å²) in [7, 11) is 1.80. The molecule has 2 rings (SSSR count). The van der Waals surface area contributed by atoms with Crippen molar-refractivity contribution in [3.05, 3.63) is 34.9 Å². The van der Waals surface area contributed by atoms with Crippen molar-refractivity contribution in [1.82, 2.24) is 10.2 Å². The van der Waals surface area contributed by atoms with Crippen LogP contribution < -0.4 is 5.32 Å². The van der Waals surface area contributed by atoms with Gasteiger partial charge in [0.1, 0.15) is 0 Å². The number of aryl methyl sites for hydroxylation is 2. The van der Waals surface area contributed by atoms with E-state index in [-0.39, 0.29) is 24.8 Å². The summed E-state index contributed by atoms with van der Waals surface area (Å²) in [6.07, 6.45) is 4.31. The van der Waals surface area contributed by atoms with Gasteiger partial charge in [-0.2, -0.15) is 0 Å². The highest BCUT2D eigenvalue weighted by atomic mass is 16.2. The van der Waals surface area contributed by atoms with Gasteiger partial charge in [-0.15, -0.1) is 0 Å². The first kappa shape index (κ1) is 15.7. The smallest absolute Gasteiger partial charge is 0.234 e. The molecule has 0 spiro atoms. The molecule has 1 aromatic rings. The lowest BCUT2D eigenvalue weighted by Gasteiger charge is -2.15. The third kappa shape index (κ3) is 4.39. The molecule has 114 valence electrons. The standard InChI is InChI=1S/C17H24N2O2/c1-3-9-18-17(21)12-19(2)11-16(20)15-8-7-13-5-4-6-14(13)10-15/h7-8,10H,3-6,9,11-12H2,1-2H3,(H,18,21). The average molecular weight is 288 g/mol. The summed E-state index contributed by atoms with van der Waals surface area (Å²) in [6, 6.07) is 6.01. The number of hydrogen-bond acceptors (Lipinski definition) is 3. The largest absolute Gasteiger partial charge is 0.355 e. The monoisotopic (exact) mass is 288 g/mol. The molecule has 1 aromatic carbocycles. The molecule has 0 heterocycles. The van der Waals surface area contributed by atoms with Crippen LogP contribution in [-0.2, 0) is 17.6 Å². The SMILES string of the molecule is CCCNC(=O)CN(C)CC(=O)c1ccc2c(c1)CCC2. The zero-order valence-electron chi connectivity index (χ0n) is 12.9. The molecule has 0 bridgehead atoms. The molecule has 0 saturated carbocycles. The van der Waals surface area contributed by atoms with Gasteiger partial charge in [0.15, 0.2) is 5.78 Å². The Labute approximate surface area is 126 Å². The zero-order valence-corrected chi connectivity index (χ0v) is 12.9. The summed E-state index contributed by atoms with van der Waals surface area (Å²) in [4.78, 5) is 25.7. The van der Waals surface area contributed by atoms with Crippen molar-refractivity contribution in [2.24, 2.45) is 0 Å². The molecule has 0 aliphatic heterocycles. The second-order valence-electron chi connectivity index (χ2n) is 5.78. The van der Waals surface area contributed by atoms with Gasteiger partial charge in [-0.05, 0) is 49.9 Å². The third-order valence-corrected chi connectivity index (χ3v) is 3.82. The lowest BCUT2D eigenvalue weighted by molar-refractivity contribution is -0.121. The number of likely N-dealkylation sites (N-methyl/N-ethyl adjacent to an activating group) is 1. The van der Waals surface area contributed by atoms with E-state index in [1.54, 1.807) is 11.9 Å². The maximum Gasteiger partial charge on any atom is 0.234 e. The Morgan fingerprint density at radius 2 is 1.95 bits per heavy atom. The fourth-order valence-electron chi connectivity index (χ4n) is 2.70. The molecule has 0 aromatic heterocycles. The quantitative estimate of drug-likeness (QED) is 0.779. The van der Waals surface area contributed by atoms with E-state index in [1.165, 1.54) is 17.5 Å². The number of Topliss-reactive ketones (excluding diaryl/α,β-unsaturated/α-hetero) is 1. The molecule has 21 heavy (non-hydrogen) atoms. The van der Waals surface area contributed by atoms with Crippen molar-refractivity contribution in [1.29, 1.82) is 0 Å². The van der Waals surface area contributed by atoms with Gasteiger partial charge in [0, 0.05) is 12.1 Å². The number of carbonyl (C=O) groups excluding carboxylic acids is 2. The molecule has 4 heteroatoms. The summed E-state index contributed by atoms with van der Waals surface area (Å²) in [6.45, 7) is 3.24. The summed E-state index contributed by atoms with van der Waals surface area (Å²) in [5.41, 5.74) is 3.44. The minimum Gasteiger partial charge on any atom is -0.355 e. The van der Waals surface area contributed by atoms with Gasteiger partial charge in [-0.25, -0.2) is 0 Å². The molecular formula is C17H24N2O2. The normalized spacial score (nSPS) is 13.3. The van der Waals surface area contributed by atoms with Crippen LogP contribution in [0.15, 0.2) is 18.2 Å². The fourth-order valence-corrected chi connectivity index (χ4v) is 2.70. The summed E-state index contributed by atoms with van der Waals surface area (Å²) in [5, 5.41) is 2.82. The van der Waals surface area contributed by atoms with Crippen LogP contribution in [0.1, 0.15) is 41.3 Å². The van der Waals surface area contributed by atoms with Gasteiger partial charge in [-0.1, -0.05) is 19.1 Å². The molecule has 1 N–H and O–H groups in total. The van der Waals surface area contributed by atoms with Gasteiger partial charge in [0.25, 0.3) is 0 Å². The van der Waals surface area contributed by atoms with E-state index in [4.69, 9.17) is 0 Å². The molecular weight excluding hydrogens is 264 g/mol. The Morgan fingerprint density at radius 3 is 2.71 bits per heavy atom. The van der Waals surface area contributed by atoms with Crippen LogP contribution in [0.2, 0.25) is 0 Å². The van der Waals surface area contributed by atoms with Crippen molar-refractivity contribution in [2.45, 2.75) is 32.6 Å². The Hall–Kier alpha value is -1.68. The number of amides is 1. The van der Waals surface area contributed by atoms with E-state index in [0.29, 0.717) is 6.54 Å². The molecule has 1 aliphatic carbocycles. The number of carbonyl (C=O) groups is 2. The molecule has 1 amide bonds. The van der Waals surface area contributed by atoms with Crippen molar-refractivity contribution >= 4 is 11.7 Å². The number of hydrogen-bond donors (Lipinski definition) is 1. The minimum atomic E-state index is -0.0268. The Morgan fingerprint density at radius 1 is 1.19 bits per heavy atom. The first-order chi connectivity index (χ1) is 10.1. The molecule has 0 radical (unpaired) electrons. The number of benzene rings is 1.